The van der Waals surface area contributed by atoms with Gasteiger partial charge in [-0.3, -0.25) is 5.10 Å². The maximum absolute atomic E-state index is 5.57. The Morgan fingerprint density at radius 3 is 3.04 bits per heavy atom. The van der Waals surface area contributed by atoms with E-state index in [0.717, 1.165) is 55.3 Å². The molecule has 0 bridgehead atoms. The smallest absolute Gasteiger partial charge is 0.178 e. The van der Waals surface area contributed by atoms with Crippen molar-refractivity contribution in [2.24, 2.45) is 5.92 Å². The minimum atomic E-state index is 0.399. The molecule has 2 N–H and O–H groups in total. The summed E-state index contributed by atoms with van der Waals surface area (Å²) < 4.78 is 7.49. The van der Waals surface area contributed by atoms with E-state index in [1.54, 1.807) is 12.4 Å². The predicted octanol–water partition coefficient (Wildman–Crippen LogP) is 2.84. The molecule has 3 aromatic heterocycles. The Morgan fingerprint density at radius 2 is 2.28 bits per heavy atom. The third kappa shape index (κ3) is 3.48. The van der Waals surface area contributed by atoms with Crippen LogP contribution in [0.2, 0.25) is 0 Å². The molecule has 0 radical (unpaired) electrons. The van der Waals surface area contributed by atoms with Gasteiger partial charge in [-0.25, -0.2) is 14.6 Å². The fourth-order valence-corrected chi connectivity index (χ4v) is 3.07. The predicted molar refractivity (Wildman–Crippen MR) is 94.8 cm³/mol. The van der Waals surface area contributed by atoms with Crippen molar-refractivity contribution in [3.63, 3.8) is 0 Å². The first-order valence-electron chi connectivity index (χ1n) is 8.77. The second kappa shape index (κ2) is 6.79. The highest BCUT2D eigenvalue weighted by atomic mass is 16.5. The van der Waals surface area contributed by atoms with Crippen LogP contribution in [0.15, 0.2) is 18.5 Å². The summed E-state index contributed by atoms with van der Waals surface area (Å²) >= 11 is 0. The van der Waals surface area contributed by atoms with Crippen molar-refractivity contribution in [3.8, 4) is 0 Å². The van der Waals surface area contributed by atoms with Crippen LogP contribution in [0.4, 0.5) is 11.6 Å². The van der Waals surface area contributed by atoms with Crippen molar-refractivity contribution < 1.29 is 4.74 Å². The maximum atomic E-state index is 5.57. The summed E-state index contributed by atoms with van der Waals surface area (Å²) in [6.07, 6.45) is 5.75. The number of nitrogens with zero attached hydrogens (tertiary/aromatic N) is 5. The number of hydrogen-bond donors (Lipinski definition) is 2. The van der Waals surface area contributed by atoms with Gasteiger partial charge in [0.15, 0.2) is 17.3 Å². The van der Waals surface area contributed by atoms with Crippen LogP contribution < -0.4 is 5.32 Å². The molecule has 132 valence electrons. The SMILES string of the molecule is CC(C)c1cc(Nc2cnc3cnn(C[C@@H]4CCCOC4)c3n2)n[nH]1. The molecule has 0 aliphatic carbocycles. The summed E-state index contributed by atoms with van der Waals surface area (Å²) in [7, 11) is 0. The van der Waals surface area contributed by atoms with Crippen molar-refractivity contribution in [3.05, 3.63) is 24.2 Å². The summed E-state index contributed by atoms with van der Waals surface area (Å²) in [5.41, 5.74) is 2.67. The van der Waals surface area contributed by atoms with Gasteiger partial charge in [0.2, 0.25) is 0 Å². The van der Waals surface area contributed by atoms with E-state index >= 15 is 0 Å². The van der Waals surface area contributed by atoms with Crippen molar-refractivity contribution in [1.29, 1.82) is 0 Å². The van der Waals surface area contributed by atoms with E-state index < -0.39 is 0 Å². The first-order chi connectivity index (χ1) is 12.2. The molecule has 0 aromatic carbocycles. The summed E-state index contributed by atoms with van der Waals surface area (Å²) in [5, 5.41) is 15.0. The Bertz CT molecular complexity index is 848. The highest BCUT2D eigenvalue weighted by molar-refractivity contribution is 5.71. The monoisotopic (exact) mass is 341 g/mol. The van der Waals surface area contributed by atoms with Gasteiger partial charge in [0.25, 0.3) is 0 Å². The molecule has 1 atom stereocenters. The molecule has 0 unspecified atom stereocenters. The molecule has 1 fully saturated rings. The zero-order chi connectivity index (χ0) is 17.2. The Kier molecular flexibility index (Phi) is 4.35. The topological polar surface area (TPSA) is 93.5 Å². The van der Waals surface area contributed by atoms with Crippen molar-refractivity contribution in [2.45, 2.75) is 39.2 Å². The van der Waals surface area contributed by atoms with Crippen LogP contribution in [0.3, 0.4) is 0 Å². The molecule has 25 heavy (non-hydrogen) atoms. The van der Waals surface area contributed by atoms with E-state index in [4.69, 9.17) is 4.74 Å². The molecule has 0 saturated carbocycles. The fraction of sp³-hybridized carbons (Fsp3) is 0.529. The van der Waals surface area contributed by atoms with Crippen molar-refractivity contribution in [1.82, 2.24) is 29.9 Å². The Balaban J connectivity index is 1.54. The van der Waals surface area contributed by atoms with Gasteiger partial charge in [0.1, 0.15) is 5.52 Å². The highest BCUT2D eigenvalue weighted by Crippen LogP contribution is 2.21. The van der Waals surface area contributed by atoms with E-state index in [0.29, 0.717) is 17.7 Å². The molecule has 1 aliphatic heterocycles. The Hall–Kier alpha value is -2.48. The number of aromatic amines is 1. The van der Waals surface area contributed by atoms with Gasteiger partial charge in [-0.2, -0.15) is 10.2 Å². The van der Waals surface area contributed by atoms with Gasteiger partial charge in [-0.1, -0.05) is 13.8 Å². The number of aromatic nitrogens is 6. The van der Waals surface area contributed by atoms with Gasteiger partial charge in [-0.15, -0.1) is 0 Å². The lowest BCUT2D eigenvalue weighted by atomic mass is 10.0. The molecule has 8 heteroatoms. The lowest BCUT2D eigenvalue weighted by molar-refractivity contribution is 0.0474. The number of nitrogens with one attached hydrogen (secondary N) is 2. The van der Waals surface area contributed by atoms with Crippen LogP contribution in [-0.2, 0) is 11.3 Å². The molecule has 0 amide bonds. The summed E-state index contributed by atoms with van der Waals surface area (Å²) in [6.45, 7) is 6.71. The van der Waals surface area contributed by atoms with E-state index in [9.17, 15) is 0 Å². The van der Waals surface area contributed by atoms with Gasteiger partial charge >= 0.3 is 0 Å². The Labute approximate surface area is 146 Å². The standard InChI is InChI=1S/C17H23N7O/c1-11(2)13-6-15(23-22-13)20-16-8-18-14-7-19-24(17(14)21-16)9-12-4-3-5-25-10-12/h6-8,11-12H,3-5,9-10H2,1-2H3,(H2,20,21,22,23)/t12-/m0/s1. The van der Waals surface area contributed by atoms with Crippen LogP contribution in [0, 0.1) is 5.92 Å². The van der Waals surface area contributed by atoms with Crippen molar-refractivity contribution >= 4 is 22.8 Å². The fourth-order valence-electron chi connectivity index (χ4n) is 3.07. The molecule has 4 rings (SSSR count). The Morgan fingerprint density at radius 1 is 1.36 bits per heavy atom. The molecule has 8 nitrogen and oxygen atoms in total. The van der Waals surface area contributed by atoms with Gasteiger partial charge in [-0.05, 0) is 18.8 Å². The third-order valence-electron chi connectivity index (χ3n) is 4.51. The number of fused-ring (bicyclic) bond motifs is 1. The van der Waals surface area contributed by atoms with E-state index in [2.05, 4.69) is 44.4 Å². The van der Waals surface area contributed by atoms with Gasteiger partial charge in [0, 0.05) is 30.8 Å². The average molecular weight is 341 g/mol. The molecule has 3 aromatic rings. The van der Waals surface area contributed by atoms with E-state index in [1.165, 1.54) is 0 Å². The van der Waals surface area contributed by atoms with Crippen LogP contribution >= 0.6 is 0 Å². The van der Waals surface area contributed by atoms with Gasteiger partial charge < -0.3 is 10.1 Å². The lowest BCUT2D eigenvalue weighted by Gasteiger charge is -2.21. The minimum absolute atomic E-state index is 0.399. The summed E-state index contributed by atoms with van der Waals surface area (Å²) in [5.74, 6) is 2.28. The number of H-pyrrole nitrogens is 1. The van der Waals surface area contributed by atoms with Crippen LogP contribution in [0.1, 0.15) is 38.3 Å². The highest BCUT2D eigenvalue weighted by Gasteiger charge is 2.17. The second-order valence-electron chi connectivity index (χ2n) is 6.86. The van der Waals surface area contributed by atoms with Crippen LogP contribution in [0.5, 0.6) is 0 Å². The normalized spacial score (nSPS) is 18.1. The van der Waals surface area contributed by atoms with Crippen LogP contribution in [-0.4, -0.2) is 43.2 Å². The largest absolute Gasteiger partial charge is 0.381 e. The minimum Gasteiger partial charge on any atom is -0.381 e. The summed E-state index contributed by atoms with van der Waals surface area (Å²) in [6, 6.07) is 1.99. The van der Waals surface area contributed by atoms with Crippen LogP contribution in [0.25, 0.3) is 11.2 Å². The summed E-state index contributed by atoms with van der Waals surface area (Å²) in [4.78, 5) is 9.14. The number of rotatable bonds is 5. The second-order valence-corrected chi connectivity index (χ2v) is 6.86. The molecular weight excluding hydrogens is 318 g/mol. The maximum Gasteiger partial charge on any atom is 0.178 e. The quantitative estimate of drug-likeness (QED) is 0.741. The molecule has 1 aliphatic rings. The zero-order valence-electron chi connectivity index (χ0n) is 14.6. The molecular formula is C17H23N7O. The number of ether oxygens (including phenoxy) is 1. The zero-order valence-corrected chi connectivity index (χ0v) is 14.6. The first-order valence-corrected chi connectivity index (χ1v) is 8.77. The molecule has 1 saturated heterocycles. The third-order valence-corrected chi connectivity index (χ3v) is 4.51. The molecule has 0 spiro atoms. The number of hydrogen-bond acceptors (Lipinski definition) is 6. The lowest BCUT2D eigenvalue weighted by Crippen LogP contribution is -2.22. The number of anilines is 2. The van der Waals surface area contributed by atoms with Crippen molar-refractivity contribution in [2.75, 3.05) is 18.5 Å². The van der Waals surface area contributed by atoms with E-state index in [1.807, 2.05) is 10.7 Å². The van der Waals surface area contributed by atoms with E-state index in [-0.39, 0.29) is 0 Å². The first kappa shape index (κ1) is 16.0. The average Bonchev–Trinajstić information content (AvgIpc) is 3.24. The van der Waals surface area contributed by atoms with Gasteiger partial charge in [0.05, 0.1) is 19.0 Å². The molecule has 4 heterocycles.